The minimum absolute atomic E-state index is 0.196. The molecule has 0 bridgehead atoms. The molecule has 3 aromatic rings. The molecule has 0 aliphatic rings. The van der Waals surface area contributed by atoms with Crippen LogP contribution in [0.25, 0.3) is 11.1 Å². The molecule has 0 saturated heterocycles. The van der Waals surface area contributed by atoms with Gasteiger partial charge in [0.1, 0.15) is 0 Å². The van der Waals surface area contributed by atoms with E-state index in [-0.39, 0.29) is 11.5 Å². The van der Waals surface area contributed by atoms with Crippen LogP contribution in [0.15, 0.2) is 66.7 Å². The number of anilines is 2. The zero-order valence-corrected chi connectivity index (χ0v) is 16.1. The van der Waals surface area contributed by atoms with Crippen molar-refractivity contribution in [3.8, 4) is 11.1 Å². The minimum atomic E-state index is -0.968. The number of hydrogen-bond donors (Lipinski definition) is 2. The number of carbonyl (C=O) groups excluding carboxylic acids is 1. The van der Waals surface area contributed by atoms with Gasteiger partial charge in [0.15, 0.2) is 0 Å². The molecule has 0 heterocycles. The minimum Gasteiger partial charge on any atom is -0.478 e. The van der Waals surface area contributed by atoms with Crippen LogP contribution in [0.3, 0.4) is 0 Å². The van der Waals surface area contributed by atoms with E-state index < -0.39 is 5.97 Å². The second kappa shape index (κ2) is 7.96. The van der Waals surface area contributed by atoms with E-state index in [1.54, 1.807) is 24.3 Å². The average Bonchev–Trinajstić information content (AvgIpc) is 2.69. The van der Waals surface area contributed by atoms with Gasteiger partial charge >= 0.3 is 5.97 Å². The van der Waals surface area contributed by atoms with Crippen LogP contribution in [-0.2, 0) is 0 Å². The summed E-state index contributed by atoms with van der Waals surface area (Å²) in [5.41, 5.74) is 5.07. The van der Waals surface area contributed by atoms with Gasteiger partial charge in [0.2, 0.25) is 0 Å². The lowest BCUT2D eigenvalue weighted by atomic mass is 9.98. The van der Waals surface area contributed by atoms with E-state index in [9.17, 15) is 14.7 Å². The summed E-state index contributed by atoms with van der Waals surface area (Å²) < 4.78 is 0. The maximum absolute atomic E-state index is 12.7. The van der Waals surface area contributed by atoms with Gasteiger partial charge in [-0.3, -0.25) is 4.79 Å². The Morgan fingerprint density at radius 1 is 0.893 bits per heavy atom. The van der Waals surface area contributed by atoms with Crippen LogP contribution in [0.5, 0.6) is 0 Å². The first-order valence-corrected chi connectivity index (χ1v) is 8.88. The average molecular weight is 374 g/mol. The fraction of sp³-hybridized carbons (Fsp3) is 0.130. The number of nitrogens with zero attached hydrogens (tertiary/aromatic N) is 1. The maximum atomic E-state index is 12.7. The maximum Gasteiger partial charge on any atom is 0.335 e. The summed E-state index contributed by atoms with van der Waals surface area (Å²) in [6.07, 6.45) is 0. The quantitative estimate of drug-likeness (QED) is 0.680. The summed E-state index contributed by atoms with van der Waals surface area (Å²) in [7, 11) is 3.85. The number of hydrogen-bond acceptors (Lipinski definition) is 3. The van der Waals surface area contributed by atoms with Gasteiger partial charge in [0, 0.05) is 31.0 Å². The third kappa shape index (κ3) is 4.20. The zero-order valence-electron chi connectivity index (χ0n) is 16.1. The first kappa shape index (κ1) is 19.2. The molecule has 3 rings (SSSR count). The number of carboxylic acid groups (broad SMARTS) is 1. The van der Waals surface area contributed by atoms with E-state index in [1.807, 2.05) is 68.4 Å². The molecule has 0 aliphatic heterocycles. The van der Waals surface area contributed by atoms with Crippen molar-refractivity contribution < 1.29 is 14.7 Å². The molecule has 2 N–H and O–H groups in total. The van der Waals surface area contributed by atoms with Gasteiger partial charge in [0.25, 0.3) is 5.91 Å². The van der Waals surface area contributed by atoms with E-state index >= 15 is 0 Å². The van der Waals surface area contributed by atoms with Crippen molar-refractivity contribution in [1.82, 2.24) is 0 Å². The molecule has 5 nitrogen and oxygen atoms in total. The molecule has 0 spiro atoms. The fourth-order valence-electron chi connectivity index (χ4n) is 2.96. The molecule has 1 amide bonds. The highest BCUT2D eigenvalue weighted by atomic mass is 16.4. The Morgan fingerprint density at radius 3 is 2.32 bits per heavy atom. The summed E-state index contributed by atoms with van der Waals surface area (Å²) in [5, 5.41) is 12.2. The van der Waals surface area contributed by atoms with Crippen molar-refractivity contribution in [2.45, 2.75) is 6.92 Å². The summed E-state index contributed by atoms with van der Waals surface area (Å²) in [6, 6.07) is 19.8. The Balaban J connectivity index is 1.89. The van der Waals surface area contributed by atoms with Crippen LogP contribution in [-0.4, -0.2) is 31.1 Å². The molecule has 0 atom stereocenters. The van der Waals surface area contributed by atoms with Crippen LogP contribution >= 0.6 is 0 Å². The molecule has 142 valence electrons. The highest BCUT2D eigenvalue weighted by Gasteiger charge is 2.11. The molecule has 0 fully saturated rings. The Morgan fingerprint density at radius 2 is 1.61 bits per heavy atom. The zero-order chi connectivity index (χ0) is 20.3. The van der Waals surface area contributed by atoms with E-state index in [0.717, 1.165) is 22.4 Å². The Kier molecular flexibility index (Phi) is 5.45. The Labute approximate surface area is 164 Å². The first-order valence-electron chi connectivity index (χ1n) is 8.88. The Bertz CT molecular complexity index is 1040. The molecule has 0 unspecified atom stereocenters. The number of aromatic carboxylic acids is 1. The normalized spacial score (nSPS) is 10.4. The standard InChI is InChI=1S/C23H22N2O3/c1-15-10-11-19(14-21(15)16-6-4-8-18(12-16)23(27)28)24-22(26)17-7-5-9-20(13-17)25(2)3/h4-14H,1-3H3,(H,24,26)(H,27,28). The van der Waals surface area contributed by atoms with Crippen molar-refractivity contribution >= 4 is 23.3 Å². The monoisotopic (exact) mass is 374 g/mol. The number of aryl methyl sites for hydroxylation is 1. The summed E-state index contributed by atoms with van der Waals surface area (Å²) in [5.74, 6) is -1.16. The highest BCUT2D eigenvalue weighted by molar-refractivity contribution is 6.05. The van der Waals surface area contributed by atoms with Crippen LogP contribution < -0.4 is 10.2 Å². The number of amides is 1. The lowest BCUT2D eigenvalue weighted by Crippen LogP contribution is -2.14. The van der Waals surface area contributed by atoms with Crippen molar-refractivity contribution in [3.05, 3.63) is 83.4 Å². The largest absolute Gasteiger partial charge is 0.478 e. The second-order valence-electron chi connectivity index (χ2n) is 6.81. The van der Waals surface area contributed by atoms with Crippen molar-refractivity contribution in [1.29, 1.82) is 0 Å². The van der Waals surface area contributed by atoms with Crippen LogP contribution in [0.4, 0.5) is 11.4 Å². The van der Waals surface area contributed by atoms with E-state index in [4.69, 9.17) is 0 Å². The molecule has 5 heteroatoms. The van der Waals surface area contributed by atoms with E-state index in [2.05, 4.69) is 5.32 Å². The van der Waals surface area contributed by atoms with Crippen LogP contribution in [0.2, 0.25) is 0 Å². The topological polar surface area (TPSA) is 69.6 Å². The number of carbonyl (C=O) groups is 2. The van der Waals surface area contributed by atoms with Crippen LogP contribution in [0.1, 0.15) is 26.3 Å². The fourth-order valence-corrected chi connectivity index (χ4v) is 2.96. The molecule has 3 aromatic carbocycles. The predicted molar refractivity (Wildman–Crippen MR) is 112 cm³/mol. The van der Waals surface area contributed by atoms with Gasteiger partial charge in [0.05, 0.1) is 5.56 Å². The summed E-state index contributed by atoms with van der Waals surface area (Å²) in [4.78, 5) is 25.9. The number of rotatable bonds is 5. The third-order valence-corrected chi connectivity index (χ3v) is 4.54. The first-order chi connectivity index (χ1) is 13.3. The van der Waals surface area contributed by atoms with Gasteiger partial charge in [-0.05, 0) is 66.1 Å². The van der Waals surface area contributed by atoms with Crippen molar-refractivity contribution in [2.24, 2.45) is 0 Å². The molecular formula is C23H22N2O3. The van der Waals surface area contributed by atoms with Crippen LogP contribution in [0, 0.1) is 6.92 Å². The molecular weight excluding hydrogens is 352 g/mol. The Hall–Kier alpha value is -3.60. The molecule has 0 aliphatic carbocycles. The second-order valence-corrected chi connectivity index (χ2v) is 6.81. The lowest BCUT2D eigenvalue weighted by Gasteiger charge is -2.14. The van der Waals surface area contributed by atoms with Gasteiger partial charge in [-0.25, -0.2) is 4.79 Å². The molecule has 28 heavy (non-hydrogen) atoms. The van der Waals surface area contributed by atoms with Gasteiger partial charge in [-0.1, -0.05) is 24.3 Å². The SMILES string of the molecule is Cc1ccc(NC(=O)c2cccc(N(C)C)c2)cc1-c1cccc(C(=O)O)c1. The van der Waals surface area contributed by atoms with E-state index in [0.29, 0.717) is 11.3 Å². The smallest absolute Gasteiger partial charge is 0.335 e. The van der Waals surface area contributed by atoms with Gasteiger partial charge in [-0.2, -0.15) is 0 Å². The summed E-state index contributed by atoms with van der Waals surface area (Å²) in [6.45, 7) is 1.95. The van der Waals surface area contributed by atoms with Gasteiger partial charge < -0.3 is 15.3 Å². The number of benzene rings is 3. The van der Waals surface area contributed by atoms with Crippen molar-refractivity contribution in [2.75, 3.05) is 24.3 Å². The summed E-state index contributed by atoms with van der Waals surface area (Å²) >= 11 is 0. The number of carboxylic acids is 1. The number of nitrogens with one attached hydrogen (secondary N) is 1. The third-order valence-electron chi connectivity index (χ3n) is 4.54. The lowest BCUT2D eigenvalue weighted by molar-refractivity contribution is 0.0696. The highest BCUT2D eigenvalue weighted by Crippen LogP contribution is 2.28. The van der Waals surface area contributed by atoms with Gasteiger partial charge in [-0.15, -0.1) is 0 Å². The van der Waals surface area contributed by atoms with Crippen molar-refractivity contribution in [3.63, 3.8) is 0 Å². The predicted octanol–water partition coefficient (Wildman–Crippen LogP) is 4.68. The molecule has 0 aromatic heterocycles. The molecule has 0 saturated carbocycles. The van der Waals surface area contributed by atoms with E-state index in [1.165, 1.54) is 0 Å². The molecule has 0 radical (unpaired) electrons.